The lowest BCUT2D eigenvalue weighted by molar-refractivity contribution is 0.102. The molecule has 0 spiro atoms. The van der Waals surface area contributed by atoms with Gasteiger partial charge in [-0.2, -0.15) is 0 Å². The topological polar surface area (TPSA) is 68.5 Å². The lowest BCUT2D eigenvalue weighted by Gasteiger charge is -2.12. The van der Waals surface area contributed by atoms with Crippen LogP contribution in [0.2, 0.25) is 0 Å². The second kappa shape index (κ2) is 7.04. The van der Waals surface area contributed by atoms with Gasteiger partial charge < -0.3 is 14.5 Å². The van der Waals surface area contributed by atoms with Crippen LogP contribution in [0.25, 0.3) is 11.0 Å². The van der Waals surface area contributed by atoms with Crippen LogP contribution in [-0.2, 0) is 0 Å². The molecule has 0 unspecified atom stereocenters. The van der Waals surface area contributed by atoms with Gasteiger partial charge in [0.05, 0.1) is 11.7 Å². The Labute approximate surface area is 151 Å². The fraction of sp³-hybridized carbons (Fsp3) is 0.238. The lowest BCUT2D eigenvalue weighted by atomic mass is 10.1. The minimum Gasteiger partial charge on any atom is -0.491 e. The Hall–Kier alpha value is -3.08. The number of hydrogen-bond donors (Lipinski definition) is 1. The Bertz CT molecular complexity index is 1030. The number of fused-ring (bicyclic) bond motifs is 1. The third-order valence-electron chi connectivity index (χ3n) is 3.97. The van der Waals surface area contributed by atoms with Gasteiger partial charge in [0.15, 0.2) is 0 Å². The Morgan fingerprint density at radius 2 is 1.85 bits per heavy atom. The summed E-state index contributed by atoms with van der Waals surface area (Å²) in [5.41, 5.74) is 2.72. The molecule has 0 saturated heterocycles. The summed E-state index contributed by atoms with van der Waals surface area (Å²) in [5, 5.41) is 3.44. The number of ether oxygens (including phenoxy) is 1. The van der Waals surface area contributed by atoms with Crippen molar-refractivity contribution in [3.63, 3.8) is 0 Å². The molecular formula is C21H21NO4. The number of anilines is 1. The summed E-state index contributed by atoms with van der Waals surface area (Å²) < 4.78 is 10.9. The summed E-state index contributed by atoms with van der Waals surface area (Å²) in [6.07, 6.45) is -0.00468. The molecule has 0 aliphatic heterocycles. The SMILES string of the molecule is Cc1ccc(C)c(NC(=O)c2cc(=O)oc3cc(OC(C)C)ccc23)c1. The summed E-state index contributed by atoms with van der Waals surface area (Å²) in [6.45, 7) is 7.70. The molecule has 0 saturated carbocycles. The van der Waals surface area contributed by atoms with E-state index in [1.807, 2.05) is 45.9 Å². The molecule has 26 heavy (non-hydrogen) atoms. The number of nitrogens with one attached hydrogen (secondary N) is 1. The van der Waals surface area contributed by atoms with Crippen molar-refractivity contribution in [3.8, 4) is 5.75 Å². The number of hydrogen-bond acceptors (Lipinski definition) is 4. The second-order valence-corrected chi connectivity index (χ2v) is 6.58. The molecule has 0 aliphatic rings. The van der Waals surface area contributed by atoms with E-state index in [1.54, 1.807) is 18.2 Å². The van der Waals surface area contributed by atoms with E-state index in [-0.39, 0.29) is 17.6 Å². The van der Waals surface area contributed by atoms with E-state index < -0.39 is 5.63 Å². The highest BCUT2D eigenvalue weighted by Gasteiger charge is 2.15. The van der Waals surface area contributed by atoms with Crippen molar-refractivity contribution in [3.05, 3.63) is 69.6 Å². The van der Waals surface area contributed by atoms with Crippen molar-refractivity contribution >= 4 is 22.6 Å². The highest BCUT2D eigenvalue weighted by molar-refractivity contribution is 6.12. The zero-order valence-electron chi connectivity index (χ0n) is 15.3. The van der Waals surface area contributed by atoms with E-state index in [9.17, 15) is 9.59 Å². The van der Waals surface area contributed by atoms with Crippen LogP contribution in [0, 0.1) is 13.8 Å². The van der Waals surface area contributed by atoms with Crippen LogP contribution in [0.1, 0.15) is 35.3 Å². The van der Waals surface area contributed by atoms with Gasteiger partial charge in [0, 0.05) is 23.2 Å². The van der Waals surface area contributed by atoms with Crippen LogP contribution in [0.4, 0.5) is 5.69 Å². The number of rotatable bonds is 4. The van der Waals surface area contributed by atoms with Crippen LogP contribution >= 0.6 is 0 Å². The Balaban J connectivity index is 2.02. The fourth-order valence-corrected chi connectivity index (χ4v) is 2.74. The van der Waals surface area contributed by atoms with Crippen molar-refractivity contribution in [2.45, 2.75) is 33.8 Å². The van der Waals surface area contributed by atoms with Crippen LogP contribution in [0.15, 0.2) is 51.7 Å². The molecule has 0 aliphatic carbocycles. The summed E-state index contributed by atoms with van der Waals surface area (Å²) in [7, 11) is 0. The average molecular weight is 351 g/mol. The number of amides is 1. The van der Waals surface area contributed by atoms with Gasteiger partial charge in [-0.05, 0) is 57.0 Å². The summed E-state index contributed by atoms with van der Waals surface area (Å²) in [5.74, 6) is 0.233. The molecule has 134 valence electrons. The number of carbonyl (C=O) groups excluding carboxylic acids is 1. The molecule has 0 atom stereocenters. The van der Waals surface area contributed by atoms with E-state index in [1.165, 1.54) is 6.07 Å². The van der Waals surface area contributed by atoms with Crippen LogP contribution in [0.3, 0.4) is 0 Å². The minimum atomic E-state index is -0.578. The number of carbonyl (C=O) groups is 1. The highest BCUT2D eigenvalue weighted by atomic mass is 16.5. The molecule has 1 aromatic heterocycles. The molecule has 5 nitrogen and oxygen atoms in total. The van der Waals surface area contributed by atoms with E-state index in [0.29, 0.717) is 16.7 Å². The van der Waals surface area contributed by atoms with Crippen molar-refractivity contribution < 1.29 is 13.9 Å². The van der Waals surface area contributed by atoms with Crippen molar-refractivity contribution in [1.82, 2.24) is 0 Å². The quantitative estimate of drug-likeness (QED) is 0.705. The maximum atomic E-state index is 12.8. The first kappa shape index (κ1) is 17.7. The lowest BCUT2D eigenvalue weighted by Crippen LogP contribution is -2.16. The van der Waals surface area contributed by atoms with E-state index in [2.05, 4.69) is 5.32 Å². The molecule has 5 heteroatoms. The van der Waals surface area contributed by atoms with Gasteiger partial charge in [-0.3, -0.25) is 4.79 Å². The zero-order chi connectivity index (χ0) is 18.8. The van der Waals surface area contributed by atoms with Crippen molar-refractivity contribution in [1.29, 1.82) is 0 Å². The molecular weight excluding hydrogens is 330 g/mol. The second-order valence-electron chi connectivity index (χ2n) is 6.58. The first-order chi connectivity index (χ1) is 12.3. The Kier molecular flexibility index (Phi) is 4.80. The predicted octanol–water partition coefficient (Wildman–Crippen LogP) is 4.45. The van der Waals surface area contributed by atoms with Gasteiger partial charge >= 0.3 is 5.63 Å². The highest BCUT2D eigenvalue weighted by Crippen LogP contribution is 2.25. The van der Waals surface area contributed by atoms with Gasteiger partial charge in [0.2, 0.25) is 0 Å². The first-order valence-corrected chi connectivity index (χ1v) is 8.46. The molecule has 3 aromatic rings. The molecule has 0 radical (unpaired) electrons. The molecule has 2 aromatic carbocycles. The van der Waals surface area contributed by atoms with Gasteiger partial charge in [0.1, 0.15) is 11.3 Å². The largest absolute Gasteiger partial charge is 0.491 e. The molecule has 0 fully saturated rings. The number of benzene rings is 2. The summed E-state index contributed by atoms with van der Waals surface area (Å²) >= 11 is 0. The van der Waals surface area contributed by atoms with Gasteiger partial charge in [0.25, 0.3) is 5.91 Å². The minimum absolute atomic E-state index is 0.00468. The van der Waals surface area contributed by atoms with Crippen molar-refractivity contribution in [2.24, 2.45) is 0 Å². The third-order valence-corrected chi connectivity index (χ3v) is 3.97. The smallest absolute Gasteiger partial charge is 0.337 e. The van der Waals surface area contributed by atoms with Crippen LogP contribution in [-0.4, -0.2) is 12.0 Å². The van der Waals surface area contributed by atoms with Crippen LogP contribution in [0.5, 0.6) is 5.75 Å². The normalized spacial score (nSPS) is 11.0. The van der Waals surface area contributed by atoms with E-state index >= 15 is 0 Å². The van der Waals surface area contributed by atoms with Gasteiger partial charge in [-0.15, -0.1) is 0 Å². The Morgan fingerprint density at radius 1 is 1.08 bits per heavy atom. The monoisotopic (exact) mass is 351 g/mol. The Morgan fingerprint density at radius 3 is 2.58 bits per heavy atom. The average Bonchev–Trinajstić information content (AvgIpc) is 2.56. The molecule has 1 heterocycles. The predicted molar refractivity (Wildman–Crippen MR) is 102 cm³/mol. The van der Waals surface area contributed by atoms with Crippen LogP contribution < -0.4 is 15.7 Å². The number of aryl methyl sites for hydroxylation is 2. The molecule has 1 N–H and O–H groups in total. The first-order valence-electron chi connectivity index (χ1n) is 8.46. The van der Waals surface area contributed by atoms with E-state index in [0.717, 1.165) is 16.8 Å². The molecule has 3 rings (SSSR count). The standard InChI is InChI=1S/C21H21NO4/c1-12(2)25-15-7-8-16-17(11-20(23)26-19(16)10-15)21(24)22-18-9-13(3)5-6-14(18)4/h5-12H,1-4H3,(H,22,24). The van der Waals surface area contributed by atoms with Crippen molar-refractivity contribution in [2.75, 3.05) is 5.32 Å². The summed E-state index contributed by atoms with van der Waals surface area (Å²) in [4.78, 5) is 24.7. The van der Waals surface area contributed by atoms with E-state index in [4.69, 9.17) is 9.15 Å². The summed E-state index contributed by atoms with van der Waals surface area (Å²) in [6, 6.07) is 12.2. The molecule has 0 bridgehead atoms. The molecule has 1 amide bonds. The van der Waals surface area contributed by atoms with Gasteiger partial charge in [-0.1, -0.05) is 12.1 Å². The maximum absolute atomic E-state index is 12.8. The van der Waals surface area contributed by atoms with Gasteiger partial charge in [-0.25, -0.2) is 4.79 Å². The fourth-order valence-electron chi connectivity index (χ4n) is 2.74. The third kappa shape index (κ3) is 3.77. The maximum Gasteiger partial charge on any atom is 0.337 e. The zero-order valence-corrected chi connectivity index (χ0v) is 15.3.